The Hall–Kier alpha value is -1.27. The average molecular weight is 247 g/mol. The molecule has 0 saturated carbocycles. The largest absolute Gasteiger partial charge is 0.286 e. The second-order valence-corrected chi connectivity index (χ2v) is 5.07. The third-order valence-corrected chi connectivity index (χ3v) is 3.85. The van der Waals surface area contributed by atoms with Gasteiger partial charge in [0.2, 0.25) is 5.12 Å². The van der Waals surface area contributed by atoms with Gasteiger partial charge in [-0.1, -0.05) is 62.4 Å². The summed E-state index contributed by atoms with van der Waals surface area (Å²) in [6, 6.07) is 12.0. The van der Waals surface area contributed by atoms with Crippen LogP contribution in [-0.4, -0.2) is 5.12 Å². The summed E-state index contributed by atoms with van der Waals surface area (Å²) < 4.78 is 0. The molecule has 0 fully saturated rings. The predicted molar refractivity (Wildman–Crippen MR) is 71.3 cm³/mol. The minimum Gasteiger partial charge on any atom is -0.286 e. The highest BCUT2D eigenvalue weighted by atomic mass is 32.2. The van der Waals surface area contributed by atoms with Crippen molar-refractivity contribution in [1.82, 2.24) is 0 Å². The highest BCUT2D eigenvalue weighted by Gasteiger charge is 2.23. The molecule has 2 nitrogen and oxygen atoms in total. The van der Waals surface area contributed by atoms with E-state index in [1.807, 2.05) is 44.2 Å². The van der Waals surface area contributed by atoms with Gasteiger partial charge in [0.15, 0.2) is 0 Å². The van der Waals surface area contributed by atoms with E-state index in [9.17, 15) is 4.79 Å². The topological polar surface area (TPSA) is 40.9 Å². The molecule has 90 valence electrons. The first-order valence-corrected chi connectivity index (χ1v) is 6.77. The first-order valence-electron chi connectivity index (χ1n) is 5.79. The van der Waals surface area contributed by atoms with Gasteiger partial charge in [-0.3, -0.25) is 4.79 Å². The number of benzene rings is 1. The molecular weight excluding hydrogens is 230 g/mol. The fourth-order valence-electron chi connectivity index (χ4n) is 1.47. The molecule has 0 N–H and O–H groups in total. The van der Waals surface area contributed by atoms with Gasteiger partial charge in [0, 0.05) is 5.75 Å². The van der Waals surface area contributed by atoms with Crippen LogP contribution in [0.2, 0.25) is 0 Å². The van der Waals surface area contributed by atoms with Gasteiger partial charge < -0.3 is 0 Å². The maximum absolute atomic E-state index is 11.9. The summed E-state index contributed by atoms with van der Waals surface area (Å²) in [7, 11) is 0. The molecule has 0 aliphatic rings. The van der Waals surface area contributed by atoms with Crippen molar-refractivity contribution in [3.8, 4) is 6.07 Å². The summed E-state index contributed by atoms with van der Waals surface area (Å²) in [6.45, 7) is 3.96. The second kappa shape index (κ2) is 7.13. The molecule has 0 aliphatic heterocycles. The molecule has 1 rings (SSSR count). The lowest BCUT2D eigenvalue weighted by Gasteiger charge is -2.13. The Bertz CT molecular complexity index is 396. The minimum absolute atomic E-state index is 0.00861. The van der Waals surface area contributed by atoms with Gasteiger partial charge in [-0.25, -0.2) is 0 Å². The van der Waals surface area contributed by atoms with E-state index in [1.165, 1.54) is 11.8 Å². The van der Waals surface area contributed by atoms with Crippen molar-refractivity contribution >= 4 is 16.9 Å². The molecule has 0 amide bonds. The van der Waals surface area contributed by atoms with Gasteiger partial charge in [0.05, 0.1) is 6.07 Å². The van der Waals surface area contributed by atoms with E-state index < -0.39 is 5.92 Å². The van der Waals surface area contributed by atoms with Crippen molar-refractivity contribution < 1.29 is 4.79 Å². The first kappa shape index (κ1) is 13.8. The van der Waals surface area contributed by atoms with Crippen molar-refractivity contribution in [3.63, 3.8) is 0 Å². The average Bonchev–Trinajstić information content (AvgIpc) is 2.38. The van der Waals surface area contributed by atoms with Crippen molar-refractivity contribution in [2.24, 2.45) is 11.8 Å². The van der Waals surface area contributed by atoms with Gasteiger partial charge in [-0.2, -0.15) is 5.26 Å². The number of carbonyl (C=O) groups is 1. The Morgan fingerprint density at radius 2 is 2.06 bits per heavy atom. The van der Waals surface area contributed by atoms with Gasteiger partial charge in [-0.05, 0) is 11.5 Å². The SMILES string of the molecule is CCC(C)[C@H](C#N)C(=O)SCc1ccccc1. The van der Waals surface area contributed by atoms with Gasteiger partial charge >= 0.3 is 0 Å². The van der Waals surface area contributed by atoms with E-state index in [2.05, 4.69) is 6.07 Å². The van der Waals surface area contributed by atoms with Crippen LogP contribution in [0.15, 0.2) is 30.3 Å². The Labute approximate surface area is 107 Å². The summed E-state index contributed by atoms with van der Waals surface area (Å²) in [5, 5.41) is 9.00. The Morgan fingerprint density at radius 3 is 2.59 bits per heavy atom. The number of thioether (sulfide) groups is 1. The fourth-order valence-corrected chi connectivity index (χ4v) is 2.43. The van der Waals surface area contributed by atoms with E-state index in [4.69, 9.17) is 5.26 Å². The Balaban J connectivity index is 2.52. The van der Waals surface area contributed by atoms with E-state index in [0.717, 1.165) is 12.0 Å². The third-order valence-electron chi connectivity index (χ3n) is 2.83. The summed E-state index contributed by atoms with van der Waals surface area (Å²) in [5.41, 5.74) is 1.12. The summed E-state index contributed by atoms with van der Waals surface area (Å²) in [6.07, 6.45) is 0.857. The van der Waals surface area contributed by atoms with Crippen LogP contribution >= 0.6 is 11.8 Å². The van der Waals surface area contributed by atoms with Crippen molar-refractivity contribution in [2.75, 3.05) is 0 Å². The molecule has 0 bridgehead atoms. The van der Waals surface area contributed by atoms with Crippen LogP contribution < -0.4 is 0 Å². The number of rotatable bonds is 5. The van der Waals surface area contributed by atoms with Crippen LogP contribution in [0.25, 0.3) is 0 Å². The minimum atomic E-state index is -0.478. The first-order chi connectivity index (χ1) is 8.19. The quantitative estimate of drug-likeness (QED) is 0.797. The molecule has 17 heavy (non-hydrogen) atoms. The lowest BCUT2D eigenvalue weighted by Crippen LogP contribution is -2.17. The number of nitriles is 1. The summed E-state index contributed by atoms with van der Waals surface area (Å²) in [5.74, 6) is 0.304. The zero-order valence-electron chi connectivity index (χ0n) is 10.2. The fraction of sp³-hybridized carbons (Fsp3) is 0.429. The van der Waals surface area contributed by atoms with E-state index >= 15 is 0 Å². The van der Waals surface area contributed by atoms with Crippen LogP contribution in [0.4, 0.5) is 0 Å². The summed E-state index contributed by atoms with van der Waals surface area (Å²) in [4.78, 5) is 11.9. The van der Waals surface area contributed by atoms with Crippen molar-refractivity contribution in [3.05, 3.63) is 35.9 Å². The Morgan fingerprint density at radius 1 is 1.41 bits per heavy atom. The highest BCUT2D eigenvalue weighted by molar-refractivity contribution is 8.13. The lowest BCUT2D eigenvalue weighted by atomic mass is 9.94. The van der Waals surface area contributed by atoms with Crippen LogP contribution in [0.5, 0.6) is 0 Å². The molecule has 0 aliphatic carbocycles. The second-order valence-electron chi connectivity index (χ2n) is 4.09. The van der Waals surface area contributed by atoms with Gasteiger partial charge in [-0.15, -0.1) is 0 Å². The molecule has 0 spiro atoms. The summed E-state index contributed by atoms with van der Waals surface area (Å²) >= 11 is 1.24. The van der Waals surface area contributed by atoms with E-state index in [0.29, 0.717) is 5.75 Å². The molecule has 1 aromatic rings. The monoisotopic (exact) mass is 247 g/mol. The normalized spacial score (nSPS) is 13.7. The van der Waals surface area contributed by atoms with E-state index in [-0.39, 0.29) is 11.0 Å². The van der Waals surface area contributed by atoms with Crippen molar-refractivity contribution in [2.45, 2.75) is 26.0 Å². The standard InChI is InChI=1S/C14H17NOS/c1-3-11(2)13(9-15)14(16)17-10-12-7-5-4-6-8-12/h4-8,11,13H,3,10H2,1-2H3/t11?,13-/m0/s1. The van der Waals surface area contributed by atoms with Crippen LogP contribution in [0.3, 0.4) is 0 Å². The molecule has 1 aromatic carbocycles. The molecule has 0 saturated heterocycles. The number of hydrogen-bond acceptors (Lipinski definition) is 3. The number of nitrogens with zero attached hydrogens (tertiary/aromatic N) is 1. The molecule has 0 aromatic heterocycles. The van der Waals surface area contributed by atoms with Crippen LogP contribution in [-0.2, 0) is 10.5 Å². The Kier molecular flexibility index (Phi) is 5.79. The highest BCUT2D eigenvalue weighted by Crippen LogP contribution is 2.23. The number of hydrogen-bond donors (Lipinski definition) is 0. The predicted octanol–water partition coefficient (Wildman–Crippen LogP) is 3.63. The molecule has 2 atom stereocenters. The van der Waals surface area contributed by atoms with Gasteiger partial charge in [0.1, 0.15) is 5.92 Å². The molecule has 0 heterocycles. The van der Waals surface area contributed by atoms with Crippen LogP contribution in [0, 0.1) is 23.2 Å². The molecular formula is C14H17NOS. The van der Waals surface area contributed by atoms with Crippen molar-refractivity contribution in [1.29, 1.82) is 5.26 Å². The smallest absolute Gasteiger partial charge is 0.206 e. The molecule has 1 unspecified atom stereocenters. The van der Waals surface area contributed by atoms with Crippen LogP contribution in [0.1, 0.15) is 25.8 Å². The lowest BCUT2D eigenvalue weighted by molar-refractivity contribution is -0.114. The maximum atomic E-state index is 11.9. The van der Waals surface area contributed by atoms with Gasteiger partial charge in [0.25, 0.3) is 0 Å². The molecule has 3 heteroatoms. The zero-order valence-corrected chi connectivity index (χ0v) is 11.0. The van der Waals surface area contributed by atoms with E-state index in [1.54, 1.807) is 0 Å². The maximum Gasteiger partial charge on any atom is 0.206 e. The molecule has 0 radical (unpaired) electrons. The number of carbonyl (C=O) groups excluding carboxylic acids is 1. The zero-order chi connectivity index (χ0) is 12.7. The third kappa shape index (κ3) is 4.24.